The van der Waals surface area contributed by atoms with E-state index in [1.807, 2.05) is 30.3 Å². The van der Waals surface area contributed by atoms with E-state index in [1.54, 1.807) is 0 Å². The Bertz CT molecular complexity index is 1060. The van der Waals surface area contributed by atoms with Gasteiger partial charge in [-0.3, -0.25) is 24.6 Å². The van der Waals surface area contributed by atoms with Gasteiger partial charge in [0.2, 0.25) is 11.8 Å². The maximum atomic E-state index is 13.4. The van der Waals surface area contributed by atoms with Gasteiger partial charge < -0.3 is 40.2 Å². The largest absolute Gasteiger partial charge is 2.00 e. The van der Waals surface area contributed by atoms with Crippen molar-refractivity contribution in [1.29, 1.82) is 0 Å². The van der Waals surface area contributed by atoms with Crippen molar-refractivity contribution in [3.05, 3.63) is 35.9 Å². The molecule has 2 amide bonds. The van der Waals surface area contributed by atoms with Crippen LogP contribution in [0.25, 0.3) is 0 Å². The number of aryl methyl sites for hydroxylation is 1. The van der Waals surface area contributed by atoms with Crippen molar-refractivity contribution in [3.63, 3.8) is 0 Å². The number of nitrogens with one attached hydrogen (secondary N) is 2. The molecular weight excluding hydrogens is 599 g/mol. The molecule has 3 atom stereocenters. The van der Waals surface area contributed by atoms with Gasteiger partial charge in [0.1, 0.15) is 12.1 Å². The molecule has 1 fully saturated rings. The van der Waals surface area contributed by atoms with Crippen LogP contribution in [0.3, 0.4) is 0 Å². The van der Waals surface area contributed by atoms with Crippen molar-refractivity contribution in [1.82, 2.24) is 20.4 Å². The number of unbranched alkanes of at least 4 members (excludes halogenated alkanes) is 1. The average Bonchev–Trinajstić information content (AvgIpc) is 3.39. The monoisotopic (exact) mass is 635 g/mol. The number of benzene rings is 1. The van der Waals surface area contributed by atoms with E-state index in [1.165, 1.54) is 4.90 Å². The molecule has 42 heavy (non-hydrogen) atoms. The molecule has 1 heterocycles. The van der Waals surface area contributed by atoms with E-state index < -0.39 is 73.5 Å². The number of carbonyl (C=O) groups excluding carboxylic acids is 4. The third kappa shape index (κ3) is 13.0. The smallest absolute Gasteiger partial charge is 0.549 e. The van der Waals surface area contributed by atoms with Gasteiger partial charge in [-0.25, -0.2) is 4.79 Å². The van der Waals surface area contributed by atoms with Crippen LogP contribution in [0, 0.1) is 0 Å². The van der Waals surface area contributed by atoms with E-state index in [4.69, 9.17) is 0 Å². The molecule has 1 aliphatic heterocycles. The van der Waals surface area contributed by atoms with Crippen molar-refractivity contribution in [2.24, 2.45) is 0 Å². The maximum Gasteiger partial charge on any atom is 2.00 e. The standard InChI is InChI=1S/C27H38N4O10.Co/c32-22(15-30(16-23(33)34)17-24(35)36)28-13-5-4-9-19(25(37)31-14-6-10-21(31)27(40)41)29-20(26(38)39)12-11-18-7-2-1-3-8-18;/h1-3,7-8,19-21,29H,4-6,9-17H2,(H,28,32)(H,33,34)(H,35,36)(H,38,39)(H,40,41);/q;+2/p-2/t19-,20-,21-;/m0./s1. The van der Waals surface area contributed by atoms with Crippen LogP contribution in [-0.2, 0) is 52.0 Å². The Kier molecular flexibility index (Phi) is 16.3. The van der Waals surface area contributed by atoms with E-state index in [0.717, 1.165) is 10.5 Å². The quantitative estimate of drug-likeness (QED) is 0.113. The minimum atomic E-state index is -1.55. The van der Waals surface area contributed by atoms with Crippen molar-refractivity contribution >= 4 is 35.7 Å². The number of rotatable bonds is 19. The number of carboxylic acid groups (broad SMARTS) is 4. The van der Waals surface area contributed by atoms with Crippen LogP contribution in [-0.4, -0.2) is 107 Å². The first-order valence-electron chi connectivity index (χ1n) is 13.4. The zero-order valence-corrected chi connectivity index (χ0v) is 24.0. The van der Waals surface area contributed by atoms with Crippen molar-refractivity contribution in [2.45, 2.75) is 63.1 Å². The molecule has 1 saturated heterocycles. The molecule has 1 aromatic carbocycles. The number of carbonyl (C=O) groups is 6. The van der Waals surface area contributed by atoms with Gasteiger partial charge in [-0.05, 0) is 50.5 Å². The molecule has 1 aromatic rings. The molecule has 4 N–H and O–H groups in total. The van der Waals surface area contributed by atoms with Crippen LogP contribution in [0.2, 0.25) is 0 Å². The molecule has 0 aromatic heterocycles. The van der Waals surface area contributed by atoms with Crippen molar-refractivity contribution in [2.75, 3.05) is 32.7 Å². The number of carboxylic acids is 4. The summed E-state index contributed by atoms with van der Waals surface area (Å²) in [6.45, 7) is -1.65. The van der Waals surface area contributed by atoms with Gasteiger partial charge in [-0.15, -0.1) is 0 Å². The van der Waals surface area contributed by atoms with Crippen LogP contribution in [0.1, 0.15) is 44.1 Å². The molecule has 1 radical (unpaired) electrons. The normalized spacial score (nSPS) is 15.8. The fourth-order valence-corrected chi connectivity index (χ4v) is 4.74. The van der Waals surface area contributed by atoms with Crippen LogP contribution in [0.15, 0.2) is 30.3 Å². The Morgan fingerprint density at radius 2 is 1.57 bits per heavy atom. The van der Waals surface area contributed by atoms with Crippen molar-refractivity contribution in [3.8, 4) is 0 Å². The van der Waals surface area contributed by atoms with Crippen molar-refractivity contribution < 1.29 is 66.0 Å². The van der Waals surface area contributed by atoms with E-state index >= 15 is 0 Å². The summed E-state index contributed by atoms with van der Waals surface area (Å²) in [5.41, 5.74) is 0.933. The first-order chi connectivity index (χ1) is 19.5. The Balaban J connectivity index is 0.00000882. The molecule has 1 aliphatic rings. The number of amides is 2. The van der Waals surface area contributed by atoms with E-state index in [2.05, 4.69) is 10.6 Å². The second-order valence-electron chi connectivity index (χ2n) is 9.90. The van der Waals surface area contributed by atoms with Gasteiger partial charge in [0.05, 0.1) is 24.5 Å². The summed E-state index contributed by atoms with van der Waals surface area (Å²) in [4.78, 5) is 72.9. The van der Waals surface area contributed by atoms with Gasteiger partial charge in [0.25, 0.3) is 0 Å². The maximum absolute atomic E-state index is 13.4. The van der Waals surface area contributed by atoms with Gasteiger partial charge in [-0.2, -0.15) is 0 Å². The summed E-state index contributed by atoms with van der Waals surface area (Å²) in [5.74, 6) is -6.47. The van der Waals surface area contributed by atoms with Crippen LogP contribution in [0.4, 0.5) is 0 Å². The second kappa shape index (κ2) is 18.8. The fourth-order valence-electron chi connectivity index (χ4n) is 4.74. The third-order valence-electron chi connectivity index (χ3n) is 6.70. The zero-order chi connectivity index (χ0) is 30.4. The SMILES string of the molecule is O=C([O-])CN(CC(=O)[O-])CC(=O)NCCCC[C@H](N[C@@H](CCc1ccccc1)C(=O)O)C(=O)N1CCC[C@H]1C(=O)O.[Co+2]. The molecular formula is C27H36CoN4O10. The zero-order valence-electron chi connectivity index (χ0n) is 23.0. The third-order valence-corrected chi connectivity index (χ3v) is 6.70. The molecule has 2 rings (SSSR count). The summed E-state index contributed by atoms with van der Waals surface area (Å²) in [5, 5.41) is 46.4. The van der Waals surface area contributed by atoms with Crippen LogP contribution in [0.5, 0.6) is 0 Å². The number of hydrogen-bond acceptors (Lipinski definition) is 10. The Morgan fingerprint density at radius 3 is 2.14 bits per heavy atom. The van der Waals surface area contributed by atoms with Crippen LogP contribution < -0.4 is 20.8 Å². The first kappa shape index (κ1) is 36.5. The molecule has 0 aliphatic carbocycles. The van der Waals surface area contributed by atoms with E-state index in [9.17, 15) is 49.2 Å². The predicted molar refractivity (Wildman–Crippen MR) is 139 cm³/mol. The Labute approximate surface area is 253 Å². The summed E-state index contributed by atoms with van der Waals surface area (Å²) >= 11 is 0. The fraction of sp³-hybridized carbons (Fsp3) is 0.556. The number of nitrogens with zero attached hydrogens (tertiary/aromatic N) is 2. The topological polar surface area (TPSA) is 220 Å². The molecule has 0 spiro atoms. The van der Waals surface area contributed by atoms with Crippen LogP contribution >= 0.6 is 0 Å². The summed E-state index contributed by atoms with van der Waals surface area (Å²) in [7, 11) is 0. The summed E-state index contributed by atoms with van der Waals surface area (Å²) < 4.78 is 0. The minimum absolute atomic E-state index is 0. The number of likely N-dealkylation sites (tertiary alicyclic amines) is 1. The van der Waals surface area contributed by atoms with Gasteiger partial charge in [0, 0.05) is 26.2 Å². The molecule has 0 unspecified atom stereocenters. The Morgan fingerprint density at radius 1 is 0.929 bits per heavy atom. The first-order valence-corrected chi connectivity index (χ1v) is 13.4. The molecule has 233 valence electrons. The molecule has 0 saturated carbocycles. The summed E-state index contributed by atoms with van der Waals surface area (Å²) in [6.07, 6.45) is 2.38. The number of aliphatic carboxylic acids is 4. The molecule has 14 nitrogen and oxygen atoms in total. The summed E-state index contributed by atoms with van der Waals surface area (Å²) in [6, 6.07) is 6.25. The minimum Gasteiger partial charge on any atom is -0.549 e. The average molecular weight is 636 g/mol. The van der Waals surface area contributed by atoms with Gasteiger partial charge in [-0.1, -0.05) is 30.3 Å². The van der Waals surface area contributed by atoms with Gasteiger partial charge in [0.15, 0.2) is 0 Å². The molecule has 0 bridgehead atoms. The molecule has 15 heteroatoms. The Hall–Kier alpha value is -3.53. The van der Waals surface area contributed by atoms with E-state index in [-0.39, 0.29) is 42.7 Å². The van der Waals surface area contributed by atoms with E-state index in [0.29, 0.717) is 32.1 Å². The predicted octanol–water partition coefficient (Wildman–Crippen LogP) is -2.81. The second-order valence-corrected chi connectivity index (χ2v) is 9.90. The number of hydrogen-bond donors (Lipinski definition) is 4. The van der Waals surface area contributed by atoms with Gasteiger partial charge >= 0.3 is 28.7 Å².